The van der Waals surface area contributed by atoms with Crippen molar-refractivity contribution in [1.29, 1.82) is 5.41 Å². The van der Waals surface area contributed by atoms with E-state index in [9.17, 15) is 18.0 Å². The van der Waals surface area contributed by atoms with Crippen LogP contribution in [0.1, 0.15) is 5.56 Å². The van der Waals surface area contributed by atoms with Crippen LogP contribution >= 0.6 is 22.6 Å². The normalized spacial score (nSPS) is 10.3. The summed E-state index contributed by atoms with van der Waals surface area (Å²) in [5.41, 5.74) is 3.82. The van der Waals surface area contributed by atoms with Crippen molar-refractivity contribution in [3.63, 3.8) is 0 Å². The first-order chi connectivity index (χ1) is 10.8. The highest BCUT2D eigenvalue weighted by Gasteiger charge is 2.20. The number of carbonyl (C=O) groups is 1. The van der Waals surface area contributed by atoms with Crippen molar-refractivity contribution in [3.05, 3.63) is 56.9 Å². The van der Waals surface area contributed by atoms with Crippen LogP contribution in [0.4, 0.5) is 29.3 Å². The van der Waals surface area contributed by atoms with Crippen molar-refractivity contribution < 1.29 is 22.7 Å². The van der Waals surface area contributed by atoms with Crippen LogP contribution in [0.15, 0.2) is 30.3 Å². The molecule has 120 valence electrons. The van der Waals surface area contributed by atoms with E-state index < -0.39 is 35.1 Å². The first kappa shape index (κ1) is 17.1. The lowest BCUT2D eigenvalue weighted by Gasteiger charge is -2.14. The van der Waals surface area contributed by atoms with Crippen molar-refractivity contribution >= 4 is 46.0 Å². The Morgan fingerprint density at radius 1 is 1.17 bits per heavy atom. The van der Waals surface area contributed by atoms with Gasteiger partial charge in [-0.25, -0.2) is 18.0 Å². The maximum Gasteiger partial charge on any atom is 0.411 e. The molecule has 2 aromatic rings. The summed E-state index contributed by atoms with van der Waals surface area (Å²) >= 11 is 1.89. The van der Waals surface area contributed by atoms with E-state index in [0.29, 0.717) is 3.57 Å². The Kier molecular flexibility index (Phi) is 5.08. The molecular formula is C14H9F3IN3O2. The molecule has 0 heterocycles. The van der Waals surface area contributed by atoms with Gasteiger partial charge >= 0.3 is 6.09 Å². The van der Waals surface area contributed by atoms with Crippen LogP contribution in [0.5, 0.6) is 0 Å². The van der Waals surface area contributed by atoms with Gasteiger partial charge in [0.05, 0.1) is 16.9 Å². The molecule has 0 aliphatic heterocycles. The van der Waals surface area contributed by atoms with Gasteiger partial charge in [0.15, 0.2) is 11.6 Å². The number of hydrogen-bond donors (Lipinski definition) is 3. The highest BCUT2D eigenvalue weighted by molar-refractivity contribution is 14.1. The molecule has 0 aliphatic rings. The molecule has 2 rings (SSSR count). The Hall–Kier alpha value is -2.30. The standard InChI is InChI=1S/C14H9F3IN3O2/c15-8-3-2-7(13(19)23-14(20)22)12(11(8)17)21-10-4-1-6(18)5-9(10)16/h1-5,19,21H,(H2,20,22). The number of hydrogen-bond acceptors (Lipinski definition) is 4. The van der Waals surface area contributed by atoms with Crippen LogP contribution < -0.4 is 11.1 Å². The Balaban J connectivity index is 2.49. The molecule has 4 N–H and O–H groups in total. The number of ether oxygens (including phenoxy) is 1. The van der Waals surface area contributed by atoms with Gasteiger partial charge in [-0.2, -0.15) is 0 Å². The summed E-state index contributed by atoms with van der Waals surface area (Å²) in [5.74, 6) is -4.06. The molecule has 1 amide bonds. The Morgan fingerprint density at radius 2 is 1.87 bits per heavy atom. The number of carbonyl (C=O) groups excluding carboxylic acids is 1. The first-order valence-corrected chi connectivity index (χ1v) is 7.13. The molecule has 0 bridgehead atoms. The molecule has 9 heteroatoms. The summed E-state index contributed by atoms with van der Waals surface area (Å²) < 4.78 is 46.3. The average Bonchev–Trinajstić information content (AvgIpc) is 2.45. The summed E-state index contributed by atoms with van der Waals surface area (Å²) in [4.78, 5) is 10.7. The van der Waals surface area contributed by atoms with Crippen LogP contribution in [0.3, 0.4) is 0 Å². The number of amides is 1. The molecule has 0 fully saturated rings. The number of rotatable bonds is 3. The minimum atomic E-state index is -1.35. The van der Waals surface area contributed by atoms with E-state index in [1.165, 1.54) is 12.1 Å². The van der Waals surface area contributed by atoms with Crippen molar-refractivity contribution in [2.75, 3.05) is 5.32 Å². The quantitative estimate of drug-likeness (QED) is 0.389. The summed E-state index contributed by atoms with van der Waals surface area (Å²) in [5, 5.41) is 9.94. The van der Waals surface area contributed by atoms with Crippen LogP contribution in [0, 0.1) is 26.4 Å². The second kappa shape index (κ2) is 6.86. The fraction of sp³-hybridized carbons (Fsp3) is 0. The first-order valence-electron chi connectivity index (χ1n) is 6.06. The van der Waals surface area contributed by atoms with Gasteiger partial charge in [-0.15, -0.1) is 0 Å². The third kappa shape index (κ3) is 3.92. The van der Waals surface area contributed by atoms with E-state index in [-0.39, 0.29) is 11.3 Å². The largest absolute Gasteiger partial charge is 0.411 e. The zero-order valence-corrected chi connectivity index (χ0v) is 13.4. The topological polar surface area (TPSA) is 88.2 Å². The van der Waals surface area contributed by atoms with E-state index >= 15 is 0 Å². The van der Waals surface area contributed by atoms with Gasteiger partial charge in [-0.3, -0.25) is 5.41 Å². The van der Waals surface area contributed by atoms with Crippen molar-refractivity contribution in [1.82, 2.24) is 0 Å². The number of primary amides is 1. The van der Waals surface area contributed by atoms with E-state index in [1.54, 1.807) is 6.07 Å². The van der Waals surface area contributed by atoms with Gasteiger partial charge < -0.3 is 15.8 Å². The van der Waals surface area contributed by atoms with Crippen molar-refractivity contribution in [2.24, 2.45) is 5.73 Å². The van der Waals surface area contributed by atoms with Gasteiger partial charge in [-0.05, 0) is 52.9 Å². The summed E-state index contributed by atoms with van der Waals surface area (Å²) in [6.07, 6.45) is -1.29. The van der Waals surface area contributed by atoms with Crippen LogP contribution in [-0.2, 0) is 4.74 Å². The van der Waals surface area contributed by atoms with E-state index in [4.69, 9.17) is 11.1 Å². The predicted octanol–water partition coefficient (Wildman–Crippen LogP) is 3.87. The molecule has 2 aromatic carbocycles. The highest BCUT2D eigenvalue weighted by atomic mass is 127. The maximum atomic E-state index is 14.0. The molecule has 23 heavy (non-hydrogen) atoms. The number of benzene rings is 2. The highest BCUT2D eigenvalue weighted by Crippen LogP contribution is 2.29. The third-order valence-electron chi connectivity index (χ3n) is 2.73. The molecule has 0 atom stereocenters. The van der Waals surface area contributed by atoms with Gasteiger partial charge in [0.25, 0.3) is 0 Å². The molecule has 5 nitrogen and oxygen atoms in total. The van der Waals surface area contributed by atoms with Gasteiger partial charge in [0.2, 0.25) is 5.90 Å². The minimum absolute atomic E-state index is 0.136. The SMILES string of the molecule is N=C(OC(N)=O)c1ccc(F)c(F)c1Nc1ccc(I)cc1F. The summed E-state index contributed by atoms with van der Waals surface area (Å²) in [6, 6.07) is 5.82. The monoisotopic (exact) mass is 435 g/mol. The van der Waals surface area contributed by atoms with Crippen LogP contribution in [0.2, 0.25) is 0 Å². The fourth-order valence-corrected chi connectivity index (χ4v) is 2.20. The lowest BCUT2D eigenvalue weighted by molar-refractivity contribution is 0.208. The zero-order valence-electron chi connectivity index (χ0n) is 11.3. The molecule has 0 saturated heterocycles. The molecule has 0 spiro atoms. The summed E-state index contributed by atoms with van der Waals surface area (Å²) in [6.45, 7) is 0. The fourth-order valence-electron chi connectivity index (χ4n) is 1.74. The molecular weight excluding hydrogens is 426 g/mol. The van der Waals surface area contributed by atoms with Gasteiger partial charge in [0.1, 0.15) is 5.82 Å². The maximum absolute atomic E-state index is 14.0. The number of nitrogens with one attached hydrogen (secondary N) is 2. The average molecular weight is 435 g/mol. The van der Waals surface area contributed by atoms with Gasteiger partial charge in [0, 0.05) is 3.57 Å². The van der Waals surface area contributed by atoms with Crippen LogP contribution in [-0.4, -0.2) is 12.0 Å². The second-order valence-corrected chi connectivity index (χ2v) is 5.53. The van der Waals surface area contributed by atoms with Crippen molar-refractivity contribution in [2.45, 2.75) is 0 Å². The smallest absolute Gasteiger partial charge is 0.391 e. The molecule has 0 saturated carbocycles. The Labute approximate surface area is 142 Å². The zero-order chi connectivity index (χ0) is 17.1. The van der Waals surface area contributed by atoms with E-state index in [1.807, 2.05) is 22.6 Å². The third-order valence-corrected chi connectivity index (χ3v) is 3.40. The van der Waals surface area contributed by atoms with Crippen molar-refractivity contribution in [3.8, 4) is 0 Å². The molecule has 0 aliphatic carbocycles. The lowest BCUT2D eigenvalue weighted by Crippen LogP contribution is -2.20. The Bertz CT molecular complexity index is 799. The molecule has 0 unspecified atom stereocenters. The number of halogens is 4. The number of nitrogens with two attached hydrogens (primary N) is 1. The van der Waals surface area contributed by atoms with Crippen LogP contribution in [0.25, 0.3) is 0 Å². The van der Waals surface area contributed by atoms with Gasteiger partial charge in [-0.1, -0.05) is 0 Å². The lowest BCUT2D eigenvalue weighted by atomic mass is 10.1. The molecule has 0 radical (unpaired) electrons. The molecule has 0 aromatic heterocycles. The number of anilines is 2. The second-order valence-electron chi connectivity index (χ2n) is 4.28. The summed E-state index contributed by atoms with van der Waals surface area (Å²) in [7, 11) is 0. The van der Waals surface area contributed by atoms with E-state index in [0.717, 1.165) is 12.1 Å². The van der Waals surface area contributed by atoms with E-state index in [2.05, 4.69) is 10.1 Å². The predicted molar refractivity (Wildman–Crippen MR) is 86.3 cm³/mol. The minimum Gasteiger partial charge on any atom is -0.391 e. The Morgan fingerprint density at radius 3 is 2.48 bits per heavy atom.